The number of amides is 2. The Morgan fingerprint density at radius 3 is 2.55 bits per heavy atom. The fourth-order valence-corrected chi connectivity index (χ4v) is 4.28. The van der Waals surface area contributed by atoms with Gasteiger partial charge in [0.15, 0.2) is 0 Å². The molecule has 1 aromatic heterocycles. The molecule has 0 aliphatic carbocycles. The summed E-state index contributed by atoms with van der Waals surface area (Å²) < 4.78 is 59.5. The summed E-state index contributed by atoms with van der Waals surface area (Å²) in [6.07, 6.45) is -2.95. The molecule has 0 spiro atoms. The first kappa shape index (κ1) is 32.8. The number of anilines is 1. The van der Waals surface area contributed by atoms with Crippen LogP contribution in [0.3, 0.4) is 0 Å². The highest BCUT2D eigenvalue weighted by atomic mass is 35.5. The predicted molar refractivity (Wildman–Crippen MR) is 146 cm³/mol. The average molecular weight is 586 g/mol. The van der Waals surface area contributed by atoms with E-state index in [4.69, 9.17) is 16.3 Å². The number of aryl methyl sites for hydroxylation is 1. The largest absolute Gasteiger partial charge is 0.447 e. The highest BCUT2D eigenvalue weighted by Crippen LogP contribution is 2.23. The van der Waals surface area contributed by atoms with Crippen molar-refractivity contribution in [3.05, 3.63) is 70.9 Å². The number of pyridine rings is 1. The molecule has 0 fully saturated rings. The first-order valence-electron chi connectivity index (χ1n) is 12.0. The highest BCUT2D eigenvalue weighted by molar-refractivity contribution is 6.31. The summed E-state index contributed by atoms with van der Waals surface area (Å²) in [5, 5.41) is 13.7. The minimum Gasteiger partial charge on any atom is -0.447 e. The molecule has 2 aromatic carbocycles. The smallest absolute Gasteiger partial charge is 0.412 e. The van der Waals surface area contributed by atoms with Crippen LogP contribution in [0.15, 0.2) is 48.7 Å². The Morgan fingerprint density at radius 2 is 1.88 bits per heavy atom. The van der Waals surface area contributed by atoms with Crippen LogP contribution in [0.25, 0.3) is 10.8 Å². The Kier molecular flexibility index (Phi) is 11.7. The van der Waals surface area contributed by atoms with Gasteiger partial charge in [-0.15, -0.1) is 0 Å². The molecule has 0 saturated heterocycles. The van der Waals surface area contributed by atoms with Crippen LogP contribution in [0.1, 0.15) is 39.7 Å². The first-order chi connectivity index (χ1) is 18.3. The molecule has 3 aromatic rings. The van der Waals surface area contributed by atoms with Gasteiger partial charge >= 0.3 is 6.09 Å². The molecule has 0 radical (unpaired) electrons. The van der Waals surface area contributed by atoms with E-state index in [-0.39, 0.29) is 37.5 Å². The van der Waals surface area contributed by atoms with Crippen molar-refractivity contribution in [2.75, 3.05) is 18.5 Å². The van der Waals surface area contributed by atoms with Gasteiger partial charge in [-0.2, -0.15) is 0 Å². The second-order valence-electron chi connectivity index (χ2n) is 9.60. The molecular weight excluding hydrogens is 554 g/mol. The number of nitrogens with one attached hydrogen (secondary N) is 1. The van der Waals surface area contributed by atoms with E-state index in [1.165, 1.54) is 56.4 Å². The van der Waals surface area contributed by atoms with E-state index >= 15 is 0 Å². The van der Waals surface area contributed by atoms with Gasteiger partial charge in [0.25, 0.3) is 6.43 Å². The number of nitrogens with zero attached hydrogens (tertiary/aromatic N) is 2. The number of carbonyl (C=O) groups is 2. The minimum absolute atomic E-state index is 0. The molecule has 0 bridgehead atoms. The Bertz CT molecular complexity index is 1320. The number of aliphatic hydroxyl groups is 1. The molecule has 1 heterocycles. The third-order valence-corrected chi connectivity index (χ3v) is 6.21. The van der Waals surface area contributed by atoms with Crippen molar-refractivity contribution < 1.29 is 37.0 Å². The Morgan fingerprint density at radius 1 is 1.15 bits per heavy atom. The maximum atomic E-state index is 13.7. The van der Waals surface area contributed by atoms with Crippen LogP contribution >= 0.6 is 11.6 Å². The average Bonchev–Trinajstić information content (AvgIpc) is 2.85. The quantitative estimate of drug-likeness (QED) is 0.247. The fraction of sp³-hybridized carbons (Fsp3) is 0.393. The van der Waals surface area contributed by atoms with Gasteiger partial charge in [0.2, 0.25) is 5.91 Å². The lowest BCUT2D eigenvalue weighted by atomic mass is 9.97. The van der Waals surface area contributed by atoms with Gasteiger partial charge < -0.3 is 14.7 Å². The monoisotopic (exact) mass is 585 g/mol. The summed E-state index contributed by atoms with van der Waals surface area (Å²) in [5.74, 6) is -1.80. The second-order valence-corrected chi connectivity index (χ2v) is 9.98. The maximum Gasteiger partial charge on any atom is 0.412 e. The number of aromatic nitrogens is 1. The van der Waals surface area contributed by atoms with Gasteiger partial charge in [0.1, 0.15) is 24.1 Å². The molecule has 12 heteroatoms. The summed E-state index contributed by atoms with van der Waals surface area (Å²) >= 11 is 5.94. The van der Waals surface area contributed by atoms with Gasteiger partial charge in [0, 0.05) is 18.0 Å². The van der Waals surface area contributed by atoms with Crippen LogP contribution in [0.4, 0.5) is 28.2 Å². The van der Waals surface area contributed by atoms with Crippen molar-refractivity contribution in [2.45, 2.75) is 58.6 Å². The van der Waals surface area contributed by atoms with Crippen molar-refractivity contribution in [1.82, 2.24) is 9.88 Å². The van der Waals surface area contributed by atoms with Crippen LogP contribution in [0, 0.1) is 11.6 Å². The van der Waals surface area contributed by atoms with Crippen LogP contribution in [0.5, 0.6) is 0 Å². The number of hydrogen-bond acceptors (Lipinski definition) is 5. The van der Waals surface area contributed by atoms with E-state index in [9.17, 15) is 32.3 Å². The molecule has 3 rings (SSSR count). The number of fused-ring (bicyclic) bond motifs is 1. The summed E-state index contributed by atoms with van der Waals surface area (Å²) in [6.45, 7) is 1.36. The number of benzene rings is 2. The zero-order chi connectivity index (χ0) is 28.7. The first-order valence-corrected chi connectivity index (χ1v) is 12.4. The predicted octanol–water partition coefficient (Wildman–Crippen LogP) is 6.61. The minimum atomic E-state index is -2.91. The molecule has 7 nitrogen and oxygen atoms in total. The molecule has 2 N–H and O–H groups in total. The van der Waals surface area contributed by atoms with E-state index in [1.54, 1.807) is 0 Å². The lowest BCUT2D eigenvalue weighted by Crippen LogP contribution is -2.49. The molecule has 0 saturated carbocycles. The third kappa shape index (κ3) is 9.63. The summed E-state index contributed by atoms with van der Waals surface area (Å²) in [5.41, 5.74) is -1.07. The molecule has 40 heavy (non-hydrogen) atoms. The SMILES string of the molecule is C.CC(C)(O)C[C@@H](COC(=O)Nc1cc2cc(F)ccc2cn1)N(CC(F)F)C(=O)CCc1cccc(F)c1Cl. The van der Waals surface area contributed by atoms with E-state index < -0.39 is 54.9 Å². The normalized spacial score (nSPS) is 12.1. The van der Waals surface area contributed by atoms with Gasteiger partial charge in [-0.1, -0.05) is 31.2 Å². The Labute approximate surface area is 235 Å². The molecular formula is C28H32ClF4N3O4. The standard InChI is InChI=1S/C27H28ClF4N3O4.CH4/c1-27(2,38)12-20(15-39-26(37)34-23-11-18-10-19(29)8-6-17(18)13-33-23)35(14-22(31)32)24(36)9-7-16-4-3-5-21(30)25(16)28;/h3-6,8,10-11,13,20,22,38H,7,9,12,14-15H2,1-2H3,(H,33,34,37);1H4/t20-;/m0./s1. The lowest BCUT2D eigenvalue weighted by molar-refractivity contribution is -0.138. The molecule has 0 aliphatic heterocycles. The van der Waals surface area contributed by atoms with Crippen LogP contribution in [-0.2, 0) is 16.0 Å². The van der Waals surface area contributed by atoms with Crippen molar-refractivity contribution in [3.63, 3.8) is 0 Å². The van der Waals surface area contributed by atoms with Gasteiger partial charge in [-0.05, 0) is 68.0 Å². The van der Waals surface area contributed by atoms with Crippen LogP contribution in [-0.4, -0.2) is 58.2 Å². The van der Waals surface area contributed by atoms with Crippen molar-refractivity contribution in [1.29, 1.82) is 0 Å². The zero-order valence-electron chi connectivity index (χ0n) is 21.3. The summed E-state index contributed by atoms with van der Waals surface area (Å²) in [6, 6.07) is 8.47. The van der Waals surface area contributed by atoms with Crippen LogP contribution in [0.2, 0.25) is 5.02 Å². The number of carbonyl (C=O) groups excluding carboxylic acids is 2. The topological polar surface area (TPSA) is 91.8 Å². The number of hydrogen-bond donors (Lipinski definition) is 2. The van der Waals surface area contributed by atoms with Gasteiger partial charge in [-0.3, -0.25) is 10.1 Å². The summed E-state index contributed by atoms with van der Waals surface area (Å²) in [4.78, 5) is 30.4. The molecule has 0 aliphatic rings. The van der Waals surface area contributed by atoms with E-state index in [1.807, 2.05) is 0 Å². The number of alkyl halides is 2. The molecule has 0 unspecified atom stereocenters. The Hall–Kier alpha value is -3.44. The van der Waals surface area contributed by atoms with E-state index in [0.717, 1.165) is 11.0 Å². The van der Waals surface area contributed by atoms with Crippen LogP contribution < -0.4 is 5.32 Å². The highest BCUT2D eigenvalue weighted by Gasteiger charge is 2.32. The second kappa shape index (κ2) is 14.3. The van der Waals surface area contributed by atoms with Crippen molar-refractivity contribution in [2.24, 2.45) is 0 Å². The lowest BCUT2D eigenvalue weighted by Gasteiger charge is -2.34. The number of rotatable bonds is 11. The fourth-order valence-electron chi connectivity index (χ4n) is 4.06. The van der Waals surface area contributed by atoms with E-state index in [2.05, 4.69) is 10.3 Å². The van der Waals surface area contributed by atoms with E-state index in [0.29, 0.717) is 16.3 Å². The number of ether oxygens (including phenoxy) is 1. The van der Waals surface area contributed by atoms with Gasteiger partial charge in [0.05, 0.1) is 23.2 Å². The zero-order valence-corrected chi connectivity index (χ0v) is 22.0. The molecule has 218 valence electrons. The molecule has 2 amide bonds. The van der Waals surface area contributed by atoms with Crippen molar-refractivity contribution >= 4 is 40.2 Å². The molecule has 1 atom stereocenters. The summed E-state index contributed by atoms with van der Waals surface area (Å²) in [7, 11) is 0. The third-order valence-electron chi connectivity index (χ3n) is 5.79. The Balaban J connectivity index is 0.00000560. The maximum absolute atomic E-state index is 13.7. The van der Waals surface area contributed by atoms with Gasteiger partial charge in [-0.25, -0.2) is 27.3 Å². The van der Waals surface area contributed by atoms with Crippen molar-refractivity contribution in [3.8, 4) is 0 Å². The number of halogens is 5.